The van der Waals surface area contributed by atoms with Crippen molar-refractivity contribution in [1.82, 2.24) is 10.9 Å². The van der Waals surface area contributed by atoms with Gasteiger partial charge in [0.25, 0.3) is 0 Å². The van der Waals surface area contributed by atoms with Crippen LogP contribution in [0.1, 0.15) is 20.3 Å². The Morgan fingerprint density at radius 2 is 2.33 bits per heavy atom. The van der Waals surface area contributed by atoms with Crippen molar-refractivity contribution in [3.05, 3.63) is 0 Å². The first-order valence-corrected chi connectivity index (χ1v) is 3.28. The molecule has 1 aliphatic rings. The monoisotopic (exact) mass is 130 g/mol. The van der Waals surface area contributed by atoms with Crippen molar-refractivity contribution in [2.75, 3.05) is 7.11 Å². The van der Waals surface area contributed by atoms with Crippen molar-refractivity contribution in [3.8, 4) is 0 Å². The van der Waals surface area contributed by atoms with E-state index in [9.17, 15) is 0 Å². The minimum atomic E-state index is 0.148. The van der Waals surface area contributed by atoms with E-state index in [1.165, 1.54) is 0 Å². The molecular weight excluding hydrogens is 116 g/mol. The normalized spacial score (nSPS) is 42.3. The molecular formula is C6H14N2O. The molecule has 1 aliphatic heterocycles. The number of rotatable bonds is 2. The van der Waals surface area contributed by atoms with Gasteiger partial charge in [-0.3, -0.25) is 0 Å². The first-order chi connectivity index (χ1) is 4.23. The molecule has 0 aliphatic carbocycles. The van der Waals surface area contributed by atoms with Crippen LogP contribution in [0.4, 0.5) is 0 Å². The summed E-state index contributed by atoms with van der Waals surface area (Å²) in [6.07, 6.45) is 1.26. The molecule has 0 radical (unpaired) electrons. The topological polar surface area (TPSA) is 33.3 Å². The highest BCUT2D eigenvalue weighted by Crippen LogP contribution is 2.20. The van der Waals surface area contributed by atoms with Gasteiger partial charge in [-0.2, -0.15) is 0 Å². The largest absolute Gasteiger partial charge is 0.363 e. The third-order valence-corrected chi connectivity index (χ3v) is 2.04. The van der Waals surface area contributed by atoms with Gasteiger partial charge in [-0.15, -0.1) is 0 Å². The number of hydrogen-bond donors (Lipinski definition) is 2. The average molecular weight is 130 g/mol. The average Bonchev–Trinajstić information content (AvgIpc) is 1.85. The fraction of sp³-hybridized carbons (Fsp3) is 1.00. The van der Waals surface area contributed by atoms with Gasteiger partial charge < -0.3 is 4.74 Å². The van der Waals surface area contributed by atoms with Crippen LogP contribution in [-0.2, 0) is 4.74 Å². The van der Waals surface area contributed by atoms with Crippen LogP contribution in [0, 0.1) is 0 Å². The molecule has 2 N–H and O–H groups in total. The van der Waals surface area contributed by atoms with E-state index in [0.717, 1.165) is 6.42 Å². The molecule has 0 saturated carbocycles. The van der Waals surface area contributed by atoms with E-state index in [1.807, 2.05) is 0 Å². The van der Waals surface area contributed by atoms with E-state index >= 15 is 0 Å². The van der Waals surface area contributed by atoms with E-state index in [-0.39, 0.29) is 11.8 Å². The van der Waals surface area contributed by atoms with Gasteiger partial charge in [-0.1, -0.05) is 6.92 Å². The molecule has 0 aromatic rings. The van der Waals surface area contributed by atoms with Gasteiger partial charge in [-0.25, -0.2) is 10.9 Å². The first kappa shape index (κ1) is 6.99. The molecule has 54 valence electrons. The summed E-state index contributed by atoms with van der Waals surface area (Å²) >= 11 is 0. The molecule has 1 heterocycles. The Balaban J connectivity index is 2.41. The smallest absolute Gasteiger partial charge is 0.139 e. The van der Waals surface area contributed by atoms with Crippen LogP contribution in [0.15, 0.2) is 0 Å². The van der Waals surface area contributed by atoms with Crippen molar-refractivity contribution >= 4 is 0 Å². The number of hydrazine groups is 1. The molecule has 0 spiro atoms. The molecule has 1 fully saturated rings. The molecule has 1 rings (SSSR count). The van der Waals surface area contributed by atoms with Crippen LogP contribution in [-0.4, -0.2) is 18.9 Å². The lowest BCUT2D eigenvalue weighted by Gasteiger charge is -2.47. The Labute approximate surface area is 55.7 Å². The fourth-order valence-corrected chi connectivity index (χ4v) is 0.970. The predicted octanol–water partition coefficient (Wildman–Crippen LogP) is 0.235. The quantitative estimate of drug-likeness (QED) is 0.561. The third-order valence-electron chi connectivity index (χ3n) is 2.04. The zero-order valence-corrected chi connectivity index (χ0v) is 6.19. The van der Waals surface area contributed by atoms with Crippen LogP contribution in [0.3, 0.4) is 0 Å². The molecule has 0 aromatic heterocycles. The lowest BCUT2D eigenvalue weighted by Crippen LogP contribution is -2.75. The van der Waals surface area contributed by atoms with Crippen molar-refractivity contribution in [2.45, 2.75) is 32.0 Å². The summed E-state index contributed by atoms with van der Waals surface area (Å²) in [5.41, 5.74) is 6.21. The van der Waals surface area contributed by atoms with Crippen molar-refractivity contribution in [2.24, 2.45) is 0 Å². The number of nitrogens with one attached hydrogen (secondary N) is 2. The molecule has 3 nitrogen and oxygen atoms in total. The van der Waals surface area contributed by atoms with E-state index in [2.05, 4.69) is 24.7 Å². The lowest BCUT2D eigenvalue weighted by molar-refractivity contribution is -0.0931. The Hall–Kier alpha value is -0.120. The standard InChI is InChI=1S/C6H14N2O/c1-4-6(2)5(9-3)7-8-6/h5,7-8H,4H2,1-3H3/t5?,6-/m0/s1. The highest BCUT2D eigenvalue weighted by atomic mass is 16.5. The summed E-state index contributed by atoms with van der Waals surface area (Å²) in [7, 11) is 1.71. The van der Waals surface area contributed by atoms with E-state index < -0.39 is 0 Å². The highest BCUT2D eigenvalue weighted by Gasteiger charge is 2.40. The summed E-state index contributed by atoms with van der Waals surface area (Å²) in [5, 5.41) is 0. The van der Waals surface area contributed by atoms with Crippen molar-refractivity contribution in [1.29, 1.82) is 0 Å². The minimum absolute atomic E-state index is 0.148. The number of hydrogen-bond acceptors (Lipinski definition) is 3. The van der Waals surface area contributed by atoms with Gasteiger partial charge in [0, 0.05) is 7.11 Å². The Morgan fingerprint density at radius 1 is 1.67 bits per heavy atom. The SMILES string of the molecule is CC[C@]1(C)NNC1OC. The maximum absolute atomic E-state index is 5.12. The number of methoxy groups -OCH3 is 1. The Bertz CT molecular complexity index is 101. The van der Waals surface area contributed by atoms with E-state index in [4.69, 9.17) is 4.74 Å². The second kappa shape index (κ2) is 2.25. The molecule has 3 heteroatoms. The minimum Gasteiger partial charge on any atom is -0.363 e. The van der Waals surface area contributed by atoms with Crippen molar-refractivity contribution < 1.29 is 4.74 Å². The summed E-state index contributed by atoms with van der Waals surface area (Å²) in [4.78, 5) is 0. The van der Waals surface area contributed by atoms with Gasteiger partial charge >= 0.3 is 0 Å². The van der Waals surface area contributed by atoms with Gasteiger partial charge in [0.15, 0.2) is 0 Å². The van der Waals surface area contributed by atoms with Gasteiger partial charge in [0.2, 0.25) is 0 Å². The van der Waals surface area contributed by atoms with E-state index in [1.54, 1.807) is 7.11 Å². The molecule has 9 heavy (non-hydrogen) atoms. The maximum Gasteiger partial charge on any atom is 0.139 e. The molecule has 1 unspecified atom stereocenters. The second-order valence-corrected chi connectivity index (χ2v) is 2.66. The van der Waals surface area contributed by atoms with Gasteiger partial charge in [-0.05, 0) is 13.3 Å². The highest BCUT2D eigenvalue weighted by molar-refractivity contribution is 4.94. The lowest BCUT2D eigenvalue weighted by atomic mass is 9.94. The van der Waals surface area contributed by atoms with Crippen LogP contribution in [0.5, 0.6) is 0 Å². The molecule has 1 saturated heterocycles. The predicted molar refractivity (Wildman–Crippen MR) is 35.8 cm³/mol. The molecule has 2 atom stereocenters. The van der Waals surface area contributed by atoms with Gasteiger partial charge in [0.1, 0.15) is 6.23 Å². The zero-order chi connectivity index (χ0) is 6.91. The fourth-order valence-electron chi connectivity index (χ4n) is 0.970. The summed E-state index contributed by atoms with van der Waals surface area (Å²) in [6.45, 7) is 4.28. The first-order valence-electron chi connectivity index (χ1n) is 3.28. The van der Waals surface area contributed by atoms with Crippen LogP contribution >= 0.6 is 0 Å². The summed E-state index contributed by atoms with van der Waals surface area (Å²) in [5.74, 6) is 0. The molecule has 0 aromatic carbocycles. The van der Waals surface area contributed by atoms with Crippen LogP contribution < -0.4 is 10.9 Å². The maximum atomic E-state index is 5.12. The van der Waals surface area contributed by atoms with Crippen LogP contribution in [0.2, 0.25) is 0 Å². The Kier molecular flexibility index (Phi) is 1.75. The summed E-state index contributed by atoms with van der Waals surface area (Å²) < 4.78 is 5.12. The van der Waals surface area contributed by atoms with Crippen molar-refractivity contribution in [3.63, 3.8) is 0 Å². The number of ether oxygens (including phenoxy) is 1. The Morgan fingerprint density at radius 3 is 2.44 bits per heavy atom. The van der Waals surface area contributed by atoms with Gasteiger partial charge in [0.05, 0.1) is 5.54 Å². The third kappa shape index (κ3) is 0.956. The molecule has 0 amide bonds. The second-order valence-electron chi connectivity index (χ2n) is 2.66. The van der Waals surface area contributed by atoms with Crippen LogP contribution in [0.25, 0.3) is 0 Å². The van der Waals surface area contributed by atoms with E-state index in [0.29, 0.717) is 0 Å². The zero-order valence-electron chi connectivity index (χ0n) is 6.19. The summed E-state index contributed by atoms with van der Waals surface area (Å²) in [6, 6.07) is 0. The molecule has 0 bridgehead atoms.